The third kappa shape index (κ3) is 6.02. The van der Waals surface area contributed by atoms with Crippen LogP contribution in [0.25, 0.3) is 32.7 Å². The molecule has 2 nitrogen and oxygen atoms in total. The van der Waals surface area contributed by atoms with Gasteiger partial charge >= 0.3 is 0 Å². The predicted molar refractivity (Wildman–Crippen MR) is 232 cm³/mol. The molecule has 0 heterocycles. The van der Waals surface area contributed by atoms with Gasteiger partial charge in [0, 0.05) is 33.8 Å². The van der Waals surface area contributed by atoms with Gasteiger partial charge in [0.05, 0.1) is 5.69 Å². The van der Waals surface area contributed by atoms with Crippen molar-refractivity contribution >= 4 is 55.7 Å². The SMILES string of the molecule is CC1(C)CCC(C)(C)c2cc(N(c3ccc(-c4ccc(N(c5ccccc5)c5ccccc5)cc4)cc3)c3cc4ccccc4c4ccccc34)ccc21. The highest BCUT2D eigenvalue weighted by molar-refractivity contribution is 6.14. The second-order valence-electron chi connectivity index (χ2n) is 16.1. The molecule has 0 amide bonds. The standard InChI is InChI=1S/C52H46N2/c1-51(2)33-34-52(3,4)49-36-44(31-32-48(49)51)54(50-35-39-15-11-12-20-45(39)46-21-13-14-22-47(46)50)43-29-25-38(26-30-43)37-23-27-42(28-24-37)53(40-16-7-5-8-17-40)41-18-9-6-10-19-41/h5-32,35-36H,33-34H2,1-4H3. The highest BCUT2D eigenvalue weighted by atomic mass is 15.1. The Morgan fingerprint density at radius 1 is 0.352 bits per heavy atom. The Balaban J connectivity index is 1.15. The molecule has 0 bridgehead atoms. The quantitative estimate of drug-likeness (QED) is 0.153. The van der Waals surface area contributed by atoms with E-state index in [4.69, 9.17) is 0 Å². The summed E-state index contributed by atoms with van der Waals surface area (Å²) >= 11 is 0. The molecule has 2 heteroatoms. The lowest BCUT2D eigenvalue weighted by molar-refractivity contribution is 0.332. The summed E-state index contributed by atoms with van der Waals surface area (Å²) in [6.07, 6.45) is 2.38. The highest BCUT2D eigenvalue weighted by Crippen LogP contribution is 2.49. The summed E-state index contributed by atoms with van der Waals surface area (Å²) in [6.45, 7) is 9.64. The number of fused-ring (bicyclic) bond motifs is 4. The molecule has 264 valence electrons. The Morgan fingerprint density at radius 2 is 0.796 bits per heavy atom. The monoisotopic (exact) mass is 698 g/mol. The number of hydrogen-bond donors (Lipinski definition) is 0. The third-order valence-corrected chi connectivity index (χ3v) is 11.7. The van der Waals surface area contributed by atoms with Crippen LogP contribution in [0.1, 0.15) is 51.7 Å². The van der Waals surface area contributed by atoms with Gasteiger partial charge in [-0.25, -0.2) is 0 Å². The van der Waals surface area contributed by atoms with Crippen molar-refractivity contribution in [3.8, 4) is 11.1 Å². The molecule has 54 heavy (non-hydrogen) atoms. The summed E-state index contributed by atoms with van der Waals surface area (Å²) in [7, 11) is 0. The zero-order chi connectivity index (χ0) is 36.9. The van der Waals surface area contributed by atoms with Gasteiger partial charge in [0.1, 0.15) is 0 Å². The van der Waals surface area contributed by atoms with Crippen LogP contribution in [0.2, 0.25) is 0 Å². The third-order valence-electron chi connectivity index (χ3n) is 11.7. The maximum Gasteiger partial charge on any atom is 0.0546 e. The fraction of sp³-hybridized carbons (Fsp3) is 0.154. The fourth-order valence-electron chi connectivity index (χ4n) is 8.57. The molecule has 0 radical (unpaired) electrons. The molecule has 0 N–H and O–H groups in total. The first-order valence-corrected chi connectivity index (χ1v) is 19.2. The lowest BCUT2D eigenvalue weighted by Gasteiger charge is -2.42. The number of hydrogen-bond acceptors (Lipinski definition) is 2. The lowest BCUT2D eigenvalue weighted by Crippen LogP contribution is -2.34. The Bertz CT molecular complexity index is 2540. The number of anilines is 6. The van der Waals surface area contributed by atoms with Crippen molar-refractivity contribution in [1.82, 2.24) is 0 Å². The van der Waals surface area contributed by atoms with E-state index in [2.05, 4.69) is 219 Å². The van der Waals surface area contributed by atoms with Gasteiger partial charge in [0.25, 0.3) is 0 Å². The summed E-state index contributed by atoms with van der Waals surface area (Å²) in [5.74, 6) is 0. The minimum absolute atomic E-state index is 0.102. The topological polar surface area (TPSA) is 6.48 Å². The molecule has 0 saturated carbocycles. The Labute approximate surface area is 320 Å². The molecule has 1 aliphatic rings. The summed E-state index contributed by atoms with van der Waals surface area (Å²) in [4.78, 5) is 4.79. The van der Waals surface area contributed by atoms with Gasteiger partial charge in [-0.05, 0) is 129 Å². The normalized spacial score (nSPS) is 14.4. The van der Waals surface area contributed by atoms with E-state index in [9.17, 15) is 0 Å². The van der Waals surface area contributed by atoms with E-state index >= 15 is 0 Å². The average molecular weight is 699 g/mol. The molecule has 0 spiro atoms. The molecule has 8 aromatic carbocycles. The zero-order valence-corrected chi connectivity index (χ0v) is 31.6. The van der Waals surface area contributed by atoms with Crippen molar-refractivity contribution in [1.29, 1.82) is 0 Å². The number of para-hydroxylation sites is 2. The molecule has 0 atom stereocenters. The van der Waals surface area contributed by atoms with E-state index in [1.165, 1.54) is 68.0 Å². The van der Waals surface area contributed by atoms with Gasteiger partial charge in [-0.2, -0.15) is 0 Å². The smallest absolute Gasteiger partial charge is 0.0546 e. The van der Waals surface area contributed by atoms with Crippen LogP contribution in [0.15, 0.2) is 182 Å². The summed E-state index contributed by atoms with van der Waals surface area (Å²) < 4.78 is 0. The Hall–Kier alpha value is -6.12. The van der Waals surface area contributed by atoms with Crippen LogP contribution < -0.4 is 9.80 Å². The Morgan fingerprint density at radius 3 is 1.39 bits per heavy atom. The van der Waals surface area contributed by atoms with E-state index in [-0.39, 0.29) is 10.8 Å². The predicted octanol–water partition coefficient (Wildman–Crippen LogP) is 14.9. The second-order valence-corrected chi connectivity index (χ2v) is 16.1. The first kappa shape index (κ1) is 33.7. The lowest BCUT2D eigenvalue weighted by atomic mass is 9.63. The molecular formula is C52H46N2. The minimum Gasteiger partial charge on any atom is -0.311 e. The summed E-state index contributed by atoms with van der Waals surface area (Å²) in [5.41, 5.74) is 12.5. The molecule has 9 rings (SSSR count). The summed E-state index contributed by atoms with van der Waals surface area (Å²) in [5, 5.41) is 5.04. The van der Waals surface area contributed by atoms with Gasteiger partial charge in [-0.3, -0.25) is 0 Å². The molecule has 8 aromatic rings. The molecule has 0 aromatic heterocycles. The zero-order valence-electron chi connectivity index (χ0n) is 31.6. The van der Waals surface area contributed by atoms with Crippen LogP contribution in [-0.4, -0.2) is 0 Å². The van der Waals surface area contributed by atoms with Gasteiger partial charge in [0.15, 0.2) is 0 Å². The van der Waals surface area contributed by atoms with Gasteiger partial charge < -0.3 is 9.80 Å². The Kier molecular flexibility index (Phi) is 8.35. The first-order chi connectivity index (χ1) is 26.3. The maximum atomic E-state index is 2.48. The van der Waals surface area contributed by atoms with Gasteiger partial charge in [0.2, 0.25) is 0 Å². The minimum atomic E-state index is 0.102. The van der Waals surface area contributed by atoms with Crippen LogP contribution in [0, 0.1) is 0 Å². The van der Waals surface area contributed by atoms with Crippen LogP contribution >= 0.6 is 0 Å². The maximum absolute atomic E-state index is 2.48. The molecule has 1 aliphatic carbocycles. The van der Waals surface area contributed by atoms with E-state index in [1.54, 1.807) is 0 Å². The van der Waals surface area contributed by atoms with Crippen LogP contribution in [0.5, 0.6) is 0 Å². The molecule has 0 unspecified atom stereocenters. The van der Waals surface area contributed by atoms with E-state index in [1.807, 2.05) is 0 Å². The molecule has 0 saturated heterocycles. The number of nitrogens with zero attached hydrogens (tertiary/aromatic N) is 2. The molecular weight excluding hydrogens is 653 g/mol. The first-order valence-electron chi connectivity index (χ1n) is 19.2. The average Bonchev–Trinajstić information content (AvgIpc) is 3.21. The van der Waals surface area contributed by atoms with Crippen molar-refractivity contribution in [2.75, 3.05) is 9.80 Å². The van der Waals surface area contributed by atoms with E-state index in [0.717, 1.165) is 22.7 Å². The summed E-state index contributed by atoms with van der Waals surface area (Å²) in [6, 6.07) is 66.5. The van der Waals surface area contributed by atoms with Crippen molar-refractivity contribution < 1.29 is 0 Å². The van der Waals surface area contributed by atoms with Gasteiger partial charge in [-0.1, -0.05) is 143 Å². The number of benzene rings is 8. The fourth-order valence-corrected chi connectivity index (χ4v) is 8.57. The van der Waals surface area contributed by atoms with Crippen LogP contribution in [0.3, 0.4) is 0 Å². The van der Waals surface area contributed by atoms with Crippen molar-refractivity contribution in [2.45, 2.75) is 51.4 Å². The molecule has 0 fully saturated rings. The number of rotatable bonds is 7. The largest absolute Gasteiger partial charge is 0.311 e. The van der Waals surface area contributed by atoms with Gasteiger partial charge in [-0.15, -0.1) is 0 Å². The van der Waals surface area contributed by atoms with E-state index in [0.29, 0.717) is 0 Å². The van der Waals surface area contributed by atoms with Crippen molar-refractivity contribution in [3.05, 3.63) is 193 Å². The highest BCUT2D eigenvalue weighted by Gasteiger charge is 2.37. The van der Waals surface area contributed by atoms with Crippen LogP contribution in [0.4, 0.5) is 34.1 Å². The van der Waals surface area contributed by atoms with E-state index < -0.39 is 0 Å². The van der Waals surface area contributed by atoms with Crippen molar-refractivity contribution in [2.24, 2.45) is 0 Å². The van der Waals surface area contributed by atoms with Crippen LogP contribution in [-0.2, 0) is 10.8 Å². The van der Waals surface area contributed by atoms with Crippen molar-refractivity contribution in [3.63, 3.8) is 0 Å². The molecule has 0 aliphatic heterocycles. The second kappa shape index (κ2) is 13.4.